The van der Waals surface area contributed by atoms with Crippen LogP contribution in [-0.2, 0) is 9.53 Å². The number of carbonyl (C=O) groups is 2. The SMILES string of the molecule is CC(C)OC(=O)C1CSC(C(C)C)N1C(=O)c1cc(Cl)cc(Cl)c1. The summed E-state index contributed by atoms with van der Waals surface area (Å²) in [5, 5.41) is 0.681. The minimum Gasteiger partial charge on any atom is -0.461 e. The molecule has 2 unspecified atom stereocenters. The lowest BCUT2D eigenvalue weighted by molar-refractivity contribution is -0.152. The van der Waals surface area contributed by atoms with Crippen LogP contribution in [0.15, 0.2) is 18.2 Å². The molecule has 2 atom stereocenters. The summed E-state index contributed by atoms with van der Waals surface area (Å²) in [5.74, 6) is 0.0930. The summed E-state index contributed by atoms with van der Waals surface area (Å²) in [5.41, 5.74) is 0.378. The van der Waals surface area contributed by atoms with Crippen molar-refractivity contribution in [2.45, 2.75) is 45.2 Å². The van der Waals surface area contributed by atoms with Gasteiger partial charge in [0, 0.05) is 21.4 Å². The van der Waals surface area contributed by atoms with Gasteiger partial charge < -0.3 is 9.64 Å². The number of amides is 1. The van der Waals surface area contributed by atoms with Crippen molar-refractivity contribution in [2.24, 2.45) is 5.92 Å². The van der Waals surface area contributed by atoms with Crippen LogP contribution in [0.2, 0.25) is 10.0 Å². The number of halogens is 2. The molecule has 0 saturated carbocycles. The smallest absolute Gasteiger partial charge is 0.330 e. The Balaban J connectivity index is 2.35. The number of benzene rings is 1. The quantitative estimate of drug-likeness (QED) is 0.711. The molecule has 4 nitrogen and oxygen atoms in total. The second-order valence-corrected chi connectivity index (χ2v) is 8.36. The van der Waals surface area contributed by atoms with E-state index in [0.717, 1.165) is 0 Å². The number of nitrogens with zero attached hydrogens (tertiary/aromatic N) is 1. The highest BCUT2D eigenvalue weighted by Crippen LogP contribution is 2.36. The molecule has 0 N–H and O–H groups in total. The van der Waals surface area contributed by atoms with E-state index in [1.807, 2.05) is 13.8 Å². The van der Waals surface area contributed by atoms with E-state index < -0.39 is 6.04 Å². The Morgan fingerprint density at radius 2 is 1.75 bits per heavy atom. The first-order valence-electron chi connectivity index (χ1n) is 7.81. The van der Waals surface area contributed by atoms with Gasteiger partial charge in [-0.3, -0.25) is 4.79 Å². The van der Waals surface area contributed by atoms with Gasteiger partial charge in [-0.25, -0.2) is 4.79 Å². The summed E-state index contributed by atoms with van der Waals surface area (Å²) in [6, 6.07) is 4.11. The lowest BCUT2D eigenvalue weighted by Crippen LogP contribution is -2.48. The number of carbonyl (C=O) groups excluding carboxylic acids is 2. The molecular weight excluding hydrogens is 369 g/mol. The van der Waals surface area contributed by atoms with Crippen molar-refractivity contribution in [1.82, 2.24) is 4.90 Å². The van der Waals surface area contributed by atoms with E-state index in [2.05, 4.69) is 0 Å². The van der Waals surface area contributed by atoms with Crippen molar-refractivity contribution in [2.75, 3.05) is 5.75 Å². The molecular formula is C17H21Cl2NO3S. The average molecular weight is 390 g/mol. The number of thioether (sulfide) groups is 1. The molecule has 0 bridgehead atoms. The highest BCUT2D eigenvalue weighted by Gasteiger charge is 2.44. The summed E-state index contributed by atoms with van der Waals surface area (Å²) < 4.78 is 5.33. The van der Waals surface area contributed by atoms with Crippen LogP contribution in [0.1, 0.15) is 38.1 Å². The molecule has 0 spiro atoms. The molecule has 0 aromatic heterocycles. The minimum absolute atomic E-state index is 0.0973. The summed E-state index contributed by atoms with van der Waals surface area (Å²) in [6.45, 7) is 7.64. The zero-order valence-electron chi connectivity index (χ0n) is 14.1. The minimum atomic E-state index is -0.602. The van der Waals surface area contributed by atoms with Crippen LogP contribution in [0.25, 0.3) is 0 Å². The second kappa shape index (κ2) is 7.98. The fourth-order valence-corrected chi connectivity index (χ4v) is 4.61. The van der Waals surface area contributed by atoms with Gasteiger partial charge in [-0.2, -0.15) is 0 Å². The normalized spacial score (nSPS) is 20.8. The first kappa shape index (κ1) is 19.4. The standard InChI is InChI=1S/C17H21Cl2NO3S/c1-9(2)16-20(14(8-24-16)17(22)23-10(3)4)15(21)11-5-12(18)7-13(19)6-11/h5-7,9-10,14,16H,8H2,1-4H3. The Kier molecular flexibility index (Phi) is 6.46. The number of ether oxygens (including phenoxy) is 1. The van der Waals surface area contributed by atoms with E-state index in [1.54, 1.807) is 48.7 Å². The van der Waals surface area contributed by atoms with E-state index in [4.69, 9.17) is 27.9 Å². The van der Waals surface area contributed by atoms with Crippen LogP contribution in [-0.4, -0.2) is 40.0 Å². The zero-order chi connectivity index (χ0) is 18.0. The van der Waals surface area contributed by atoms with Gasteiger partial charge in [0.2, 0.25) is 0 Å². The number of hydrogen-bond acceptors (Lipinski definition) is 4. The molecule has 0 radical (unpaired) electrons. The van der Waals surface area contributed by atoms with Crippen LogP contribution < -0.4 is 0 Å². The summed E-state index contributed by atoms with van der Waals surface area (Å²) in [7, 11) is 0. The predicted molar refractivity (Wildman–Crippen MR) is 98.7 cm³/mol. The Hall–Kier alpha value is -0.910. The summed E-state index contributed by atoms with van der Waals surface area (Å²) in [4.78, 5) is 27.1. The Morgan fingerprint density at radius 3 is 2.25 bits per heavy atom. The van der Waals surface area contributed by atoms with Crippen LogP contribution in [0.4, 0.5) is 0 Å². The molecule has 1 fully saturated rings. The van der Waals surface area contributed by atoms with Gasteiger partial charge in [-0.15, -0.1) is 11.8 Å². The number of esters is 1. The lowest BCUT2D eigenvalue weighted by Gasteiger charge is -2.31. The van der Waals surface area contributed by atoms with Gasteiger partial charge in [0.05, 0.1) is 11.5 Å². The molecule has 2 rings (SSSR count). The molecule has 1 saturated heterocycles. The monoisotopic (exact) mass is 389 g/mol. The van der Waals surface area contributed by atoms with E-state index in [9.17, 15) is 9.59 Å². The van der Waals surface area contributed by atoms with Gasteiger partial charge in [-0.1, -0.05) is 37.0 Å². The van der Waals surface area contributed by atoms with Gasteiger partial charge >= 0.3 is 5.97 Å². The first-order valence-corrected chi connectivity index (χ1v) is 9.62. The van der Waals surface area contributed by atoms with Gasteiger partial charge in [0.15, 0.2) is 0 Å². The topological polar surface area (TPSA) is 46.6 Å². The highest BCUT2D eigenvalue weighted by atomic mass is 35.5. The number of hydrogen-bond donors (Lipinski definition) is 0. The van der Waals surface area contributed by atoms with Crippen LogP contribution >= 0.6 is 35.0 Å². The maximum atomic E-state index is 13.1. The van der Waals surface area contributed by atoms with Crippen LogP contribution in [0.5, 0.6) is 0 Å². The molecule has 1 aliphatic heterocycles. The predicted octanol–water partition coefficient (Wildman–Crippen LogP) is 4.48. The fourth-order valence-electron chi connectivity index (χ4n) is 2.62. The largest absolute Gasteiger partial charge is 0.461 e. The van der Waals surface area contributed by atoms with E-state index >= 15 is 0 Å². The van der Waals surface area contributed by atoms with Gasteiger partial charge in [0.1, 0.15) is 6.04 Å². The molecule has 1 aromatic rings. The highest BCUT2D eigenvalue weighted by molar-refractivity contribution is 8.00. The van der Waals surface area contributed by atoms with Crippen molar-refractivity contribution in [3.05, 3.63) is 33.8 Å². The van der Waals surface area contributed by atoms with Gasteiger partial charge in [-0.05, 0) is 38.0 Å². The van der Waals surface area contributed by atoms with Crippen molar-refractivity contribution >= 4 is 46.8 Å². The molecule has 24 heavy (non-hydrogen) atoms. The van der Waals surface area contributed by atoms with E-state index in [-0.39, 0.29) is 29.3 Å². The van der Waals surface area contributed by atoms with Crippen molar-refractivity contribution < 1.29 is 14.3 Å². The Bertz CT molecular complexity index is 616. The summed E-state index contributed by atoms with van der Waals surface area (Å²) >= 11 is 13.6. The maximum absolute atomic E-state index is 13.1. The van der Waals surface area contributed by atoms with Crippen LogP contribution in [0, 0.1) is 5.92 Å². The molecule has 0 aliphatic carbocycles. The molecule has 1 amide bonds. The third-order valence-corrected chi connectivity index (χ3v) is 5.63. The molecule has 132 valence electrons. The molecule has 1 heterocycles. The zero-order valence-corrected chi connectivity index (χ0v) is 16.4. The molecule has 1 aromatic carbocycles. The molecule has 1 aliphatic rings. The van der Waals surface area contributed by atoms with E-state index in [0.29, 0.717) is 21.4 Å². The second-order valence-electron chi connectivity index (χ2n) is 6.34. The van der Waals surface area contributed by atoms with Gasteiger partial charge in [0.25, 0.3) is 5.91 Å². The Labute approximate surface area is 156 Å². The van der Waals surface area contributed by atoms with Crippen molar-refractivity contribution in [3.8, 4) is 0 Å². The third-order valence-electron chi connectivity index (χ3n) is 3.57. The number of rotatable bonds is 4. The average Bonchev–Trinajstić information content (AvgIpc) is 2.89. The Morgan fingerprint density at radius 1 is 1.17 bits per heavy atom. The van der Waals surface area contributed by atoms with Crippen molar-refractivity contribution in [1.29, 1.82) is 0 Å². The van der Waals surface area contributed by atoms with E-state index in [1.165, 1.54) is 0 Å². The fraction of sp³-hybridized carbons (Fsp3) is 0.529. The third kappa shape index (κ3) is 4.38. The van der Waals surface area contributed by atoms with Crippen molar-refractivity contribution in [3.63, 3.8) is 0 Å². The van der Waals surface area contributed by atoms with Crippen LogP contribution in [0.3, 0.4) is 0 Å². The maximum Gasteiger partial charge on any atom is 0.330 e. The summed E-state index contributed by atoms with van der Waals surface area (Å²) in [6.07, 6.45) is -0.224. The first-order chi connectivity index (χ1) is 11.2. The lowest BCUT2D eigenvalue weighted by atomic mass is 10.1. The molecule has 7 heteroatoms.